The summed E-state index contributed by atoms with van der Waals surface area (Å²) in [5.74, 6) is 0.734. The summed E-state index contributed by atoms with van der Waals surface area (Å²) in [7, 11) is 1.62. The van der Waals surface area contributed by atoms with Crippen molar-refractivity contribution in [3.05, 3.63) is 59.2 Å². The number of carbonyl (C=O) groups excluding carboxylic acids is 2. The predicted molar refractivity (Wildman–Crippen MR) is 107 cm³/mol. The molecule has 0 saturated heterocycles. The first-order chi connectivity index (χ1) is 12.9. The van der Waals surface area contributed by atoms with E-state index in [0.717, 1.165) is 16.9 Å². The second kappa shape index (κ2) is 9.52. The lowest BCUT2D eigenvalue weighted by Crippen LogP contribution is -2.18. The zero-order chi connectivity index (χ0) is 19.8. The van der Waals surface area contributed by atoms with Crippen molar-refractivity contribution in [2.75, 3.05) is 12.4 Å². The number of carbonyl (C=O) groups is 2. The van der Waals surface area contributed by atoms with Crippen LogP contribution in [0, 0.1) is 12.8 Å². The van der Waals surface area contributed by atoms with E-state index < -0.39 is 0 Å². The Balaban J connectivity index is 1.92. The fourth-order valence-corrected chi connectivity index (χ4v) is 2.50. The number of amides is 2. The Morgan fingerprint density at radius 3 is 2.44 bits per heavy atom. The molecule has 2 aromatic rings. The zero-order valence-corrected chi connectivity index (χ0v) is 16.1. The molecule has 0 fully saturated rings. The Bertz CT molecular complexity index is 827. The standard InChI is InChI=1S/C21H25N3O3/c1-14(2)11-20(25)23-18-8-6-17(7-9-18)21(26)24-22-13-16-5-10-19(27-4)15(3)12-16/h5-10,12-14H,11H2,1-4H3,(H,23,25)(H,24,26)/b22-13-. The van der Waals surface area contributed by atoms with Crippen LogP contribution in [0.5, 0.6) is 5.75 Å². The molecule has 0 aliphatic heterocycles. The normalized spacial score (nSPS) is 10.9. The summed E-state index contributed by atoms with van der Waals surface area (Å²) in [5, 5.41) is 6.79. The minimum absolute atomic E-state index is 0.0402. The van der Waals surface area contributed by atoms with Crippen molar-refractivity contribution in [2.45, 2.75) is 27.2 Å². The third-order valence-electron chi connectivity index (χ3n) is 3.82. The third-order valence-corrected chi connectivity index (χ3v) is 3.82. The summed E-state index contributed by atoms with van der Waals surface area (Å²) in [6, 6.07) is 12.3. The third kappa shape index (κ3) is 6.26. The van der Waals surface area contributed by atoms with Crippen LogP contribution >= 0.6 is 0 Å². The smallest absolute Gasteiger partial charge is 0.271 e. The molecule has 0 bridgehead atoms. The summed E-state index contributed by atoms with van der Waals surface area (Å²) in [5.41, 5.74) is 5.46. The van der Waals surface area contributed by atoms with Crippen molar-refractivity contribution in [3.63, 3.8) is 0 Å². The van der Waals surface area contributed by atoms with Crippen LogP contribution in [0.15, 0.2) is 47.6 Å². The first-order valence-corrected chi connectivity index (χ1v) is 8.77. The lowest BCUT2D eigenvalue weighted by Gasteiger charge is -2.07. The maximum atomic E-state index is 12.1. The number of benzene rings is 2. The first-order valence-electron chi connectivity index (χ1n) is 8.77. The Morgan fingerprint density at radius 2 is 1.85 bits per heavy atom. The predicted octanol–water partition coefficient (Wildman–Crippen LogP) is 3.75. The van der Waals surface area contributed by atoms with Gasteiger partial charge in [-0.2, -0.15) is 5.10 Å². The Hall–Kier alpha value is -3.15. The highest BCUT2D eigenvalue weighted by atomic mass is 16.5. The molecule has 2 rings (SSSR count). The summed E-state index contributed by atoms with van der Waals surface area (Å²) < 4.78 is 5.21. The van der Waals surface area contributed by atoms with Crippen molar-refractivity contribution < 1.29 is 14.3 Å². The maximum Gasteiger partial charge on any atom is 0.271 e. The number of hydrogen-bond acceptors (Lipinski definition) is 4. The van der Waals surface area contributed by atoms with Crippen LogP contribution in [0.4, 0.5) is 5.69 Å². The van der Waals surface area contributed by atoms with Crippen LogP contribution in [0.1, 0.15) is 41.8 Å². The molecule has 0 spiro atoms. The van der Waals surface area contributed by atoms with Crippen LogP contribution in [-0.4, -0.2) is 25.1 Å². The van der Waals surface area contributed by atoms with Gasteiger partial charge in [-0.05, 0) is 66.4 Å². The number of ether oxygens (including phenoxy) is 1. The van der Waals surface area contributed by atoms with E-state index in [1.165, 1.54) is 0 Å². The summed E-state index contributed by atoms with van der Waals surface area (Å²) in [4.78, 5) is 23.9. The van der Waals surface area contributed by atoms with Crippen LogP contribution in [0.3, 0.4) is 0 Å². The first kappa shape index (κ1) is 20.2. The largest absolute Gasteiger partial charge is 0.496 e. The summed E-state index contributed by atoms with van der Waals surface area (Å²) >= 11 is 0. The molecule has 0 saturated carbocycles. The van der Waals surface area contributed by atoms with Gasteiger partial charge in [0.15, 0.2) is 0 Å². The van der Waals surface area contributed by atoms with E-state index in [9.17, 15) is 9.59 Å². The fourth-order valence-electron chi connectivity index (χ4n) is 2.50. The van der Waals surface area contributed by atoms with Gasteiger partial charge in [0, 0.05) is 17.7 Å². The number of aryl methyl sites for hydroxylation is 1. The van der Waals surface area contributed by atoms with Crippen LogP contribution in [-0.2, 0) is 4.79 Å². The van der Waals surface area contributed by atoms with Crippen LogP contribution in [0.25, 0.3) is 0 Å². The average Bonchev–Trinajstić information content (AvgIpc) is 2.61. The minimum Gasteiger partial charge on any atom is -0.496 e. The molecule has 2 N–H and O–H groups in total. The van der Waals surface area contributed by atoms with Crippen molar-refractivity contribution in [2.24, 2.45) is 11.0 Å². The zero-order valence-electron chi connectivity index (χ0n) is 16.1. The van der Waals surface area contributed by atoms with Crippen molar-refractivity contribution in [1.82, 2.24) is 5.43 Å². The van der Waals surface area contributed by atoms with E-state index in [1.807, 2.05) is 39.0 Å². The summed E-state index contributed by atoms with van der Waals surface area (Å²) in [6.45, 7) is 5.91. The Morgan fingerprint density at radius 1 is 1.15 bits per heavy atom. The van der Waals surface area contributed by atoms with Gasteiger partial charge in [0.2, 0.25) is 5.91 Å². The number of hydrogen-bond donors (Lipinski definition) is 2. The molecule has 0 aliphatic rings. The number of anilines is 1. The fraction of sp³-hybridized carbons (Fsp3) is 0.286. The highest BCUT2D eigenvalue weighted by molar-refractivity contribution is 5.96. The second-order valence-corrected chi connectivity index (χ2v) is 6.65. The summed E-state index contributed by atoms with van der Waals surface area (Å²) in [6.07, 6.45) is 2.03. The monoisotopic (exact) mass is 367 g/mol. The molecule has 0 atom stereocenters. The number of nitrogens with zero attached hydrogens (tertiary/aromatic N) is 1. The molecule has 27 heavy (non-hydrogen) atoms. The van der Waals surface area contributed by atoms with E-state index in [1.54, 1.807) is 37.6 Å². The van der Waals surface area contributed by atoms with E-state index in [0.29, 0.717) is 23.6 Å². The van der Waals surface area contributed by atoms with Gasteiger partial charge in [0.05, 0.1) is 13.3 Å². The lowest BCUT2D eigenvalue weighted by molar-refractivity contribution is -0.116. The molecule has 0 heterocycles. The van der Waals surface area contributed by atoms with E-state index in [-0.39, 0.29) is 11.8 Å². The van der Waals surface area contributed by atoms with Crippen LogP contribution in [0.2, 0.25) is 0 Å². The molecule has 2 amide bonds. The van der Waals surface area contributed by atoms with Crippen LogP contribution < -0.4 is 15.5 Å². The van der Waals surface area contributed by atoms with Gasteiger partial charge in [0.25, 0.3) is 5.91 Å². The molecular formula is C21H25N3O3. The highest BCUT2D eigenvalue weighted by Crippen LogP contribution is 2.17. The lowest BCUT2D eigenvalue weighted by atomic mass is 10.1. The van der Waals surface area contributed by atoms with Crippen molar-refractivity contribution in [1.29, 1.82) is 0 Å². The number of rotatable bonds is 7. The van der Waals surface area contributed by atoms with Gasteiger partial charge in [-0.1, -0.05) is 13.8 Å². The molecule has 0 radical (unpaired) electrons. The number of methoxy groups -OCH3 is 1. The number of nitrogens with one attached hydrogen (secondary N) is 2. The molecule has 0 aromatic heterocycles. The van der Waals surface area contributed by atoms with Gasteiger partial charge in [-0.25, -0.2) is 5.43 Å². The minimum atomic E-state index is -0.323. The van der Waals surface area contributed by atoms with Gasteiger partial charge in [-0.3, -0.25) is 9.59 Å². The van der Waals surface area contributed by atoms with Crippen molar-refractivity contribution >= 4 is 23.7 Å². The van der Waals surface area contributed by atoms with Gasteiger partial charge >= 0.3 is 0 Å². The molecular weight excluding hydrogens is 342 g/mol. The maximum absolute atomic E-state index is 12.1. The highest BCUT2D eigenvalue weighted by Gasteiger charge is 2.07. The molecule has 0 unspecified atom stereocenters. The molecule has 142 valence electrons. The van der Waals surface area contributed by atoms with E-state index in [2.05, 4.69) is 15.8 Å². The number of hydrazone groups is 1. The van der Waals surface area contributed by atoms with Gasteiger partial charge in [0.1, 0.15) is 5.75 Å². The molecule has 0 aliphatic carbocycles. The average molecular weight is 367 g/mol. The molecule has 6 nitrogen and oxygen atoms in total. The Kier molecular flexibility index (Phi) is 7.11. The van der Waals surface area contributed by atoms with Gasteiger partial charge in [-0.15, -0.1) is 0 Å². The van der Waals surface area contributed by atoms with E-state index >= 15 is 0 Å². The quantitative estimate of drug-likeness (QED) is 0.578. The van der Waals surface area contributed by atoms with E-state index in [4.69, 9.17) is 4.74 Å². The second-order valence-electron chi connectivity index (χ2n) is 6.65. The SMILES string of the molecule is COc1ccc(/C=N\NC(=O)c2ccc(NC(=O)CC(C)C)cc2)cc1C. The van der Waals surface area contributed by atoms with Gasteiger partial charge < -0.3 is 10.1 Å². The van der Waals surface area contributed by atoms with Crippen molar-refractivity contribution in [3.8, 4) is 5.75 Å². The molecule has 2 aromatic carbocycles. The topological polar surface area (TPSA) is 79.8 Å². The molecule has 6 heteroatoms. The Labute approximate surface area is 159 Å².